The van der Waals surface area contributed by atoms with Crippen LogP contribution in [0.3, 0.4) is 0 Å². The molecule has 0 bridgehead atoms. The van der Waals surface area contributed by atoms with Crippen molar-refractivity contribution in [1.82, 2.24) is 14.8 Å². The smallest absolute Gasteiger partial charge is 0.255 e. The number of para-hydroxylation sites is 1. The first-order valence-corrected chi connectivity index (χ1v) is 12.8. The third-order valence-electron chi connectivity index (χ3n) is 7.36. The highest BCUT2D eigenvalue weighted by Gasteiger charge is 2.30. The van der Waals surface area contributed by atoms with Gasteiger partial charge in [0.05, 0.1) is 30.0 Å². The molecule has 178 valence electrons. The summed E-state index contributed by atoms with van der Waals surface area (Å²) in [7, 11) is 0. The maximum absolute atomic E-state index is 14.4. The molecular weight excluding hydrogens is 422 g/mol. The van der Waals surface area contributed by atoms with Crippen LogP contribution in [0, 0.1) is 0 Å². The molecule has 34 heavy (non-hydrogen) atoms. The number of benzene rings is 2. The van der Waals surface area contributed by atoms with Crippen LogP contribution in [0.4, 0.5) is 0 Å². The lowest BCUT2D eigenvalue weighted by molar-refractivity contribution is 0.0339. The monoisotopic (exact) mass is 457 g/mol. The Morgan fingerprint density at radius 3 is 2.44 bits per heavy atom. The Morgan fingerprint density at radius 1 is 1.00 bits per heavy atom. The molecule has 2 aliphatic rings. The van der Waals surface area contributed by atoms with Crippen LogP contribution < -0.4 is 0 Å². The number of carbonyl (C=O) groups excluding carboxylic acids is 1. The molecule has 3 aromatic rings. The van der Waals surface area contributed by atoms with Gasteiger partial charge >= 0.3 is 0 Å². The van der Waals surface area contributed by atoms with Crippen LogP contribution in [0.15, 0.2) is 54.6 Å². The highest BCUT2D eigenvalue weighted by Crippen LogP contribution is 2.34. The van der Waals surface area contributed by atoms with E-state index in [-0.39, 0.29) is 5.91 Å². The fraction of sp³-hybridized carbons (Fsp3) is 0.448. The lowest BCUT2D eigenvalue weighted by Gasteiger charge is -2.35. The Labute approximate surface area is 202 Å². The van der Waals surface area contributed by atoms with Crippen molar-refractivity contribution in [3.63, 3.8) is 0 Å². The third-order valence-corrected chi connectivity index (χ3v) is 7.36. The second kappa shape index (κ2) is 10.7. The summed E-state index contributed by atoms with van der Waals surface area (Å²) in [5.74, 6) is 0.161. The summed E-state index contributed by atoms with van der Waals surface area (Å²) in [6, 6.07) is 18.8. The fourth-order valence-corrected chi connectivity index (χ4v) is 5.57. The van der Waals surface area contributed by atoms with Gasteiger partial charge in [-0.05, 0) is 25.8 Å². The van der Waals surface area contributed by atoms with E-state index in [1.165, 1.54) is 19.3 Å². The van der Waals surface area contributed by atoms with E-state index in [2.05, 4.69) is 34.9 Å². The molecule has 0 N–H and O–H groups in total. The van der Waals surface area contributed by atoms with Gasteiger partial charge in [0.25, 0.3) is 5.91 Å². The van der Waals surface area contributed by atoms with E-state index in [0.29, 0.717) is 12.6 Å². The molecule has 0 atom stereocenters. The van der Waals surface area contributed by atoms with Crippen molar-refractivity contribution in [3.8, 4) is 11.3 Å². The van der Waals surface area contributed by atoms with Crippen LogP contribution in [0.25, 0.3) is 22.2 Å². The Morgan fingerprint density at radius 2 is 1.71 bits per heavy atom. The van der Waals surface area contributed by atoms with Gasteiger partial charge in [0, 0.05) is 48.7 Å². The largest absolute Gasteiger partial charge is 0.379 e. The molecule has 1 aromatic heterocycles. The zero-order chi connectivity index (χ0) is 23.3. The summed E-state index contributed by atoms with van der Waals surface area (Å²) >= 11 is 0. The molecule has 0 spiro atoms. The average Bonchev–Trinajstić information content (AvgIpc) is 2.90. The van der Waals surface area contributed by atoms with Gasteiger partial charge in [-0.1, -0.05) is 67.8 Å². The summed E-state index contributed by atoms with van der Waals surface area (Å²) in [6.07, 6.45) is 5.91. The Hall–Kier alpha value is -2.76. The molecule has 1 aliphatic heterocycles. The number of morpholine rings is 1. The maximum atomic E-state index is 14.4. The van der Waals surface area contributed by atoms with Crippen molar-refractivity contribution in [2.45, 2.75) is 51.6 Å². The molecule has 5 rings (SSSR count). The first-order valence-electron chi connectivity index (χ1n) is 12.8. The minimum atomic E-state index is 0.161. The van der Waals surface area contributed by atoms with E-state index in [0.717, 1.165) is 79.0 Å². The Balaban J connectivity index is 1.68. The summed E-state index contributed by atoms with van der Waals surface area (Å²) in [4.78, 5) is 24.0. The number of carbonyl (C=O) groups is 1. The van der Waals surface area contributed by atoms with Crippen molar-refractivity contribution in [2.75, 3.05) is 32.8 Å². The van der Waals surface area contributed by atoms with Crippen LogP contribution >= 0.6 is 0 Å². The van der Waals surface area contributed by atoms with Gasteiger partial charge in [0.2, 0.25) is 0 Å². The topological polar surface area (TPSA) is 45.7 Å². The van der Waals surface area contributed by atoms with Crippen molar-refractivity contribution in [1.29, 1.82) is 0 Å². The van der Waals surface area contributed by atoms with E-state index in [9.17, 15) is 4.79 Å². The van der Waals surface area contributed by atoms with E-state index in [4.69, 9.17) is 9.72 Å². The molecule has 5 heteroatoms. The summed E-state index contributed by atoms with van der Waals surface area (Å²) in [5, 5.41) is 0.963. The van der Waals surface area contributed by atoms with Gasteiger partial charge in [-0.3, -0.25) is 9.69 Å². The van der Waals surface area contributed by atoms with Gasteiger partial charge in [0.15, 0.2) is 0 Å². The molecule has 0 unspecified atom stereocenters. The number of amides is 1. The molecule has 1 saturated heterocycles. The summed E-state index contributed by atoms with van der Waals surface area (Å²) in [5.41, 5.74) is 4.75. The maximum Gasteiger partial charge on any atom is 0.255 e. The van der Waals surface area contributed by atoms with Gasteiger partial charge < -0.3 is 9.64 Å². The van der Waals surface area contributed by atoms with Crippen molar-refractivity contribution in [3.05, 3.63) is 65.7 Å². The third kappa shape index (κ3) is 4.73. The Kier molecular flexibility index (Phi) is 7.21. The normalized spacial score (nSPS) is 17.7. The number of rotatable bonds is 6. The number of hydrogen-bond acceptors (Lipinski definition) is 4. The van der Waals surface area contributed by atoms with Crippen LogP contribution in [-0.4, -0.2) is 59.6 Å². The summed E-state index contributed by atoms with van der Waals surface area (Å²) in [6.45, 7) is 6.76. The van der Waals surface area contributed by atoms with Crippen LogP contribution in [0.2, 0.25) is 0 Å². The quantitative estimate of drug-likeness (QED) is 0.488. The SMILES string of the molecule is CCN(C(=O)c1c(CN2CCOCC2)c(-c2ccccc2)nc2ccccc12)C1CCCCC1. The highest BCUT2D eigenvalue weighted by atomic mass is 16.5. The van der Waals surface area contributed by atoms with Gasteiger partial charge in [0.1, 0.15) is 0 Å². The predicted octanol–water partition coefficient (Wildman–Crippen LogP) is 5.53. The van der Waals surface area contributed by atoms with Gasteiger partial charge in [-0.25, -0.2) is 4.98 Å². The predicted molar refractivity (Wildman–Crippen MR) is 137 cm³/mol. The van der Waals surface area contributed by atoms with Crippen molar-refractivity contribution < 1.29 is 9.53 Å². The number of nitrogens with zero attached hydrogens (tertiary/aromatic N) is 3. The number of hydrogen-bond donors (Lipinski definition) is 0. The average molecular weight is 458 g/mol. The number of fused-ring (bicyclic) bond motifs is 1. The van der Waals surface area contributed by atoms with Crippen molar-refractivity contribution in [2.24, 2.45) is 0 Å². The molecule has 1 amide bonds. The molecule has 1 saturated carbocycles. The molecular formula is C29H35N3O2. The lowest BCUT2D eigenvalue weighted by Crippen LogP contribution is -2.42. The number of aromatic nitrogens is 1. The van der Waals surface area contributed by atoms with Crippen LogP contribution in [0.1, 0.15) is 54.9 Å². The van der Waals surface area contributed by atoms with E-state index in [1.807, 2.05) is 36.4 Å². The molecule has 2 fully saturated rings. The van der Waals surface area contributed by atoms with Crippen molar-refractivity contribution >= 4 is 16.8 Å². The highest BCUT2D eigenvalue weighted by molar-refractivity contribution is 6.09. The molecule has 1 aliphatic carbocycles. The molecule has 2 aromatic carbocycles. The number of ether oxygens (including phenoxy) is 1. The Bertz CT molecular complexity index is 1120. The number of pyridine rings is 1. The minimum absolute atomic E-state index is 0.161. The molecule has 5 nitrogen and oxygen atoms in total. The second-order valence-electron chi connectivity index (χ2n) is 9.47. The minimum Gasteiger partial charge on any atom is -0.379 e. The first-order chi connectivity index (χ1) is 16.8. The molecule has 0 radical (unpaired) electrons. The zero-order valence-electron chi connectivity index (χ0n) is 20.2. The fourth-order valence-electron chi connectivity index (χ4n) is 5.57. The van der Waals surface area contributed by atoms with Gasteiger partial charge in [-0.2, -0.15) is 0 Å². The zero-order valence-corrected chi connectivity index (χ0v) is 20.2. The standard InChI is InChI=1S/C29H35N3O2/c1-2-32(23-13-7-4-8-14-23)29(33)27-24-15-9-10-16-26(24)30-28(22-11-5-3-6-12-22)25(27)21-31-17-19-34-20-18-31/h3,5-6,9-12,15-16,23H,2,4,7-8,13-14,17-21H2,1H3. The van der Waals surface area contributed by atoms with Crippen LogP contribution in [-0.2, 0) is 11.3 Å². The van der Waals surface area contributed by atoms with Gasteiger partial charge in [-0.15, -0.1) is 0 Å². The van der Waals surface area contributed by atoms with E-state index >= 15 is 0 Å². The molecule has 2 heterocycles. The second-order valence-corrected chi connectivity index (χ2v) is 9.47. The van der Waals surface area contributed by atoms with Crippen LogP contribution in [0.5, 0.6) is 0 Å². The first kappa shape index (κ1) is 23.0. The van der Waals surface area contributed by atoms with E-state index in [1.54, 1.807) is 0 Å². The van der Waals surface area contributed by atoms with E-state index < -0.39 is 0 Å². The lowest BCUT2D eigenvalue weighted by atomic mass is 9.91. The summed E-state index contributed by atoms with van der Waals surface area (Å²) < 4.78 is 5.60.